The Morgan fingerprint density at radius 3 is 2.97 bits per heavy atom. The zero-order valence-electron chi connectivity index (χ0n) is 17.0. The van der Waals surface area contributed by atoms with Crippen LogP contribution < -0.4 is 0 Å². The molecule has 1 aromatic heterocycles. The summed E-state index contributed by atoms with van der Waals surface area (Å²) in [5, 5.41) is 8.81. The van der Waals surface area contributed by atoms with Crippen LogP contribution in [0.4, 0.5) is 0 Å². The second-order valence-corrected chi connectivity index (χ2v) is 7.83. The van der Waals surface area contributed by atoms with E-state index in [9.17, 15) is 4.79 Å². The summed E-state index contributed by atoms with van der Waals surface area (Å²) in [6.45, 7) is 2.86. The summed E-state index contributed by atoms with van der Waals surface area (Å²) >= 11 is 0. The molecule has 0 bridgehead atoms. The van der Waals surface area contributed by atoms with E-state index in [4.69, 9.17) is 19.9 Å². The average molecular weight is 393 g/mol. The molecular formula is C23H27N3O3. The maximum Gasteiger partial charge on any atom is 0.229 e. The molecule has 1 unspecified atom stereocenters. The molecule has 1 saturated heterocycles. The van der Waals surface area contributed by atoms with Crippen LogP contribution in [0.1, 0.15) is 56.7 Å². The second kappa shape index (κ2) is 8.33. The number of hydrogen-bond acceptors (Lipinski definition) is 5. The lowest BCUT2D eigenvalue weighted by atomic mass is 10.00. The van der Waals surface area contributed by atoms with E-state index in [1.807, 2.05) is 31.2 Å². The van der Waals surface area contributed by atoms with Gasteiger partial charge in [0.05, 0.1) is 24.6 Å². The number of benzene rings is 1. The predicted molar refractivity (Wildman–Crippen MR) is 115 cm³/mol. The SMILES string of the molecule is COC(=N)c1cc2cc(C3=C(C)CC(C(=O)CCC4CCCCO4)=N3)ccc2[nH]1. The fraction of sp³-hybridized carbons (Fsp3) is 0.435. The van der Waals surface area contributed by atoms with E-state index in [1.165, 1.54) is 13.5 Å². The van der Waals surface area contributed by atoms with E-state index in [-0.39, 0.29) is 17.8 Å². The van der Waals surface area contributed by atoms with Crippen LogP contribution in [0.3, 0.4) is 0 Å². The van der Waals surface area contributed by atoms with Gasteiger partial charge < -0.3 is 14.5 Å². The van der Waals surface area contributed by atoms with Crippen molar-refractivity contribution in [2.75, 3.05) is 13.7 Å². The van der Waals surface area contributed by atoms with E-state index in [1.54, 1.807) is 0 Å². The monoisotopic (exact) mass is 393 g/mol. The number of aliphatic imine (C=N–C) groups is 1. The van der Waals surface area contributed by atoms with Gasteiger partial charge in [-0.05, 0) is 56.4 Å². The van der Waals surface area contributed by atoms with Crippen LogP contribution in [0.25, 0.3) is 16.6 Å². The Kier molecular flexibility index (Phi) is 5.62. The summed E-state index contributed by atoms with van der Waals surface area (Å²) in [6, 6.07) is 7.93. The first-order valence-corrected chi connectivity index (χ1v) is 10.2. The van der Waals surface area contributed by atoms with Crippen LogP contribution >= 0.6 is 0 Å². The van der Waals surface area contributed by atoms with Gasteiger partial charge in [0.25, 0.3) is 0 Å². The molecule has 6 heteroatoms. The molecule has 2 aromatic rings. The van der Waals surface area contributed by atoms with Crippen LogP contribution in [0.15, 0.2) is 34.8 Å². The highest BCUT2D eigenvalue weighted by atomic mass is 16.5. The lowest BCUT2D eigenvalue weighted by Crippen LogP contribution is -2.21. The predicted octanol–water partition coefficient (Wildman–Crippen LogP) is 4.63. The van der Waals surface area contributed by atoms with Crippen molar-refractivity contribution in [1.29, 1.82) is 5.41 Å². The van der Waals surface area contributed by atoms with Gasteiger partial charge >= 0.3 is 0 Å². The highest BCUT2D eigenvalue weighted by Gasteiger charge is 2.23. The van der Waals surface area contributed by atoms with Crippen LogP contribution in [0, 0.1) is 5.41 Å². The molecule has 0 amide bonds. The van der Waals surface area contributed by atoms with Crippen molar-refractivity contribution in [2.45, 2.75) is 51.6 Å². The van der Waals surface area contributed by atoms with Crippen molar-refractivity contribution >= 4 is 34.0 Å². The molecule has 0 aliphatic carbocycles. The molecule has 1 fully saturated rings. The molecule has 2 N–H and O–H groups in total. The minimum atomic E-state index is 0.104. The number of carbonyl (C=O) groups is 1. The van der Waals surface area contributed by atoms with E-state index in [0.717, 1.165) is 53.6 Å². The molecule has 3 heterocycles. The van der Waals surface area contributed by atoms with Gasteiger partial charge in [-0.25, -0.2) is 4.99 Å². The Bertz CT molecular complexity index is 1010. The van der Waals surface area contributed by atoms with Crippen molar-refractivity contribution in [2.24, 2.45) is 4.99 Å². The standard InChI is InChI=1S/C23H27N3O3/c1-14-11-19(21(27)9-7-17-5-3-4-10-29-17)26-22(14)15-6-8-18-16(12-15)13-20(25-18)23(24)28-2/h6,8,12-13,17,24-25H,3-5,7,9-11H2,1-2H3. The summed E-state index contributed by atoms with van der Waals surface area (Å²) in [5.74, 6) is 0.235. The van der Waals surface area contributed by atoms with Gasteiger partial charge in [0.15, 0.2) is 5.78 Å². The highest BCUT2D eigenvalue weighted by molar-refractivity contribution is 6.42. The quantitative estimate of drug-likeness (QED) is 0.554. The van der Waals surface area contributed by atoms with Gasteiger partial charge in [0.2, 0.25) is 5.90 Å². The number of nitrogens with one attached hydrogen (secondary N) is 2. The number of allylic oxidation sites excluding steroid dienone is 1. The number of fused-ring (bicyclic) bond motifs is 1. The molecule has 0 spiro atoms. The van der Waals surface area contributed by atoms with E-state index in [0.29, 0.717) is 24.2 Å². The van der Waals surface area contributed by atoms with Crippen molar-refractivity contribution in [3.8, 4) is 0 Å². The van der Waals surface area contributed by atoms with Crippen LogP contribution in [0.5, 0.6) is 0 Å². The molecule has 2 aliphatic rings. The Morgan fingerprint density at radius 1 is 1.34 bits per heavy atom. The van der Waals surface area contributed by atoms with Gasteiger partial charge in [-0.3, -0.25) is 10.2 Å². The lowest BCUT2D eigenvalue weighted by molar-refractivity contribution is -0.114. The summed E-state index contributed by atoms with van der Waals surface area (Å²) < 4.78 is 10.7. The Balaban J connectivity index is 1.48. The molecule has 2 aliphatic heterocycles. The summed E-state index contributed by atoms with van der Waals surface area (Å²) in [6.07, 6.45) is 5.51. The fourth-order valence-electron chi connectivity index (χ4n) is 4.06. The molecule has 152 valence electrons. The Morgan fingerprint density at radius 2 is 2.21 bits per heavy atom. The first-order valence-electron chi connectivity index (χ1n) is 10.2. The van der Waals surface area contributed by atoms with Crippen LogP contribution in [-0.4, -0.2) is 42.2 Å². The third kappa shape index (κ3) is 4.17. The molecule has 1 atom stereocenters. The normalized spacial score (nSPS) is 19.5. The first-order chi connectivity index (χ1) is 14.0. The number of aromatic nitrogens is 1. The zero-order valence-corrected chi connectivity index (χ0v) is 17.0. The third-order valence-corrected chi connectivity index (χ3v) is 5.72. The van der Waals surface area contributed by atoms with Gasteiger partial charge in [-0.1, -0.05) is 6.07 Å². The van der Waals surface area contributed by atoms with E-state index < -0.39 is 0 Å². The molecule has 1 aromatic carbocycles. The smallest absolute Gasteiger partial charge is 0.229 e. The molecule has 6 nitrogen and oxygen atoms in total. The largest absolute Gasteiger partial charge is 0.480 e. The number of ketones is 1. The van der Waals surface area contributed by atoms with Crippen molar-refractivity contribution in [1.82, 2.24) is 4.98 Å². The summed E-state index contributed by atoms with van der Waals surface area (Å²) in [5.41, 5.74) is 5.22. The molecule has 0 saturated carbocycles. The lowest BCUT2D eigenvalue weighted by Gasteiger charge is -2.22. The Labute approximate surface area is 170 Å². The van der Waals surface area contributed by atoms with Crippen molar-refractivity contribution in [3.05, 3.63) is 41.1 Å². The number of methoxy groups -OCH3 is 1. The fourth-order valence-corrected chi connectivity index (χ4v) is 4.06. The number of ether oxygens (including phenoxy) is 2. The summed E-state index contributed by atoms with van der Waals surface area (Å²) in [7, 11) is 1.49. The average Bonchev–Trinajstić information content (AvgIpc) is 3.35. The van der Waals surface area contributed by atoms with Crippen molar-refractivity contribution < 1.29 is 14.3 Å². The van der Waals surface area contributed by atoms with Gasteiger partial charge in [-0.2, -0.15) is 0 Å². The van der Waals surface area contributed by atoms with Crippen molar-refractivity contribution in [3.63, 3.8) is 0 Å². The topological polar surface area (TPSA) is 87.5 Å². The number of carbonyl (C=O) groups excluding carboxylic acids is 1. The summed E-state index contributed by atoms with van der Waals surface area (Å²) in [4.78, 5) is 20.6. The molecule has 29 heavy (non-hydrogen) atoms. The van der Waals surface area contributed by atoms with Crippen LogP contribution in [-0.2, 0) is 14.3 Å². The van der Waals surface area contributed by atoms with E-state index >= 15 is 0 Å². The Hall–Kier alpha value is -2.73. The number of nitrogens with zero attached hydrogens (tertiary/aromatic N) is 1. The van der Waals surface area contributed by atoms with Crippen LogP contribution in [0.2, 0.25) is 0 Å². The second-order valence-electron chi connectivity index (χ2n) is 7.83. The molecular weight excluding hydrogens is 366 g/mol. The minimum Gasteiger partial charge on any atom is -0.480 e. The molecule has 4 rings (SSSR count). The number of Topliss-reactive ketones (excluding diaryl/α,β-unsaturated/α-hetero) is 1. The highest BCUT2D eigenvalue weighted by Crippen LogP contribution is 2.31. The zero-order chi connectivity index (χ0) is 20.4. The number of H-pyrrole nitrogens is 1. The maximum atomic E-state index is 12.7. The van der Waals surface area contributed by atoms with E-state index in [2.05, 4.69) is 4.98 Å². The third-order valence-electron chi connectivity index (χ3n) is 5.72. The van der Waals surface area contributed by atoms with Gasteiger partial charge in [0.1, 0.15) is 5.69 Å². The number of rotatable bonds is 6. The van der Waals surface area contributed by atoms with Gasteiger partial charge in [0, 0.05) is 35.9 Å². The maximum absolute atomic E-state index is 12.7. The first kappa shape index (κ1) is 19.6. The number of hydrogen-bond donors (Lipinski definition) is 2. The number of aromatic amines is 1. The van der Waals surface area contributed by atoms with Gasteiger partial charge in [-0.15, -0.1) is 0 Å². The minimum absolute atomic E-state index is 0.104. The molecule has 0 radical (unpaired) electrons.